The van der Waals surface area contributed by atoms with Crippen molar-refractivity contribution in [1.82, 2.24) is 4.98 Å². The summed E-state index contributed by atoms with van der Waals surface area (Å²) in [5.41, 5.74) is 4.02. The third-order valence-electron chi connectivity index (χ3n) is 1.73. The summed E-state index contributed by atoms with van der Waals surface area (Å²) in [6, 6.07) is 1.64. The highest BCUT2D eigenvalue weighted by atomic mass is 19.1. The van der Waals surface area contributed by atoms with Crippen LogP contribution in [0.15, 0.2) is 49.4 Å². The standard InChI is InChI=1S/C10H12FN3O.C3H5F/c1-3-8(11)6-15-10-4-7(2)9(14-12)5-13-10;1-3(2)4/h3-6,14H,1,12H2,2H3;1H2,2H3/b8-6-;. The van der Waals surface area contributed by atoms with Crippen molar-refractivity contribution < 1.29 is 13.5 Å². The third-order valence-corrected chi connectivity index (χ3v) is 1.73. The van der Waals surface area contributed by atoms with Gasteiger partial charge in [0.15, 0.2) is 5.83 Å². The monoisotopic (exact) mass is 269 g/mol. The SMILES string of the molecule is C=C(C)F.C=C/C(F)=C/Oc1cc(C)c(NN)cn1. The first-order valence-electron chi connectivity index (χ1n) is 5.29. The Balaban J connectivity index is 0.000000711. The fraction of sp³-hybridized carbons (Fsp3) is 0.154. The minimum Gasteiger partial charge on any atom is -0.444 e. The smallest absolute Gasteiger partial charge is 0.218 e. The maximum absolute atomic E-state index is 12.6. The summed E-state index contributed by atoms with van der Waals surface area (Å²) in [4.78, 5) is 3.91. The number of anilines is 1. The minimum atomic E-state index is -0.560. The van der Waals surface area contributed by atoms with E-state index in [1.54, 1.807) is 6.07 Å². The van der Waals surface area contributed by atoms with Crippen LogP contribution in [0.3, 0.4) is 0 Å². The molecule has 19 heavy (non-hydrogen) atoms. The number of nitrogens with one attached hydrogen (secondary N) is 1. The number of hydrogen-bond acceptors (Lipinski definition) is 4. The normalized spacial score (nSPS) is 10.1. The summed E-state index contributed by atoms with van der Waals surface area (Å²) in [5.74, 6) is 4.63. The molecule has 0 aliphatic rings. The molecule has 0 bridgehead atoms. The van der Waals surface area contributed by atoms with Gasteiger partial charge >= 0.3 is 0 Å². The highest BCUT2D eigenvalue weighted by Crippen LogP contribution is 2.17. The lowest BCUT2D eigenvalue weighted by atomic mass is 10.2. The van der Waals surface area contributed by atoms with Crippen LogP contribution in [-0.2, 0) is 0 Å². The Bertz CT molecular complexity index is 469. The van der Waals surface area contributed by atoms with Gasteiger partial charge in [0.05, 0.1) is 17.7 Å². The first-order chi connectivity index (χ1) is 8.90. The van der Waals surface area contributed by atoms with Gasteiger partial charge in [0.1, 0.15) is 6.26 Å². The van der Waals surface area contributed by atoms with Gasteiger partial charge in [-0.15, -0.1) is 0 Å². The number of nitrogens with zero attached hydrogens (tertiary/aromatic N) is 1. The fourth-order valence-electron chi connectivity index (χ4n) is 0.911. The van der Waals surface area contributed by atoms with Gasteiger partial charge in [-0.05, 0) is 25.5 Å². The number of aromatic nitrogens is 1. The maximum Gasteiger partial charge on any atom is 0.218 e. The highest BCUT2D eigenvalue weighted by Gasteiger charge is 2.00. The van der Waals surface area contributed by atoms with Crippen molar-refractivity contribution in [1.29, 1.82) is 0 Å². The van der Waals surface area contributed by atoms with E-state index in [0.717, 1.165) is 17.9 Å². The Hall–Kier alpha value is -2.21. The van der Waals surface area contributed by atoms with Crippen molar-refractivity contribution in [3.8, 4) is 5.88 Å². The topological polar surface area (TPSA) is 60.2 Å². The number of nitrogens with two attached hydrogens (primary N) is 1. The van der Waals surface area contributed by atoms with Crippen LogP contribution < -0.4 is 16.0 Å². The molecule has 1 heterocycles. The van der Waals surface area contributed by atoms with E-state index in [9.17, 15) is 8.78 Å². The Morgan fingerprint density at radius 1 is 1.53 bits per heavy atom. The average molecular weight is 269 g/mol. The van der Waals surface area contributed by atoms with E-state index in [1.165, 1.54) is 13.1 Å². The fourth-order valence-corrected chi connectivity index (χ4v) is 0.911. The van der Waals surface area contributed by atoms with Gasteiger partial charge in [0.25, 0.3) is 0 Å². The molecule has 0 saturated carbocycles. The Morgan fingerprint density at radius 2 is 2.11 bits per heavy atom. The second kappa shape index (κ2) is 8.82. The van der Waals surface area contributed by atoms with E-state index in [0.29, 0.717) is 11.6 Å². The van der Waals surface area contributed by atoms with E-state index in [-0.39, 0.29) is 5.83 Å². The quantitative estimate of drug-likeness (QED) is 0.380. The van der Waals surface area contributed by atoms with Crippen LogP contribution in [-0.4, -0.2) is 4.98 Å². The van der Waals surface area contributed by atoms with Gasteiger partial charge in [0.2, 0.25) is 5.88 Å². The van der Waals surface area contributed by atoms with Gasteiger partial charge in [-0.25, -0.2) is 13.8 Å². The molecule has 0 spiro atoms. The molecule has 0 atom stereocenters. The molecule has 0 fully saturated rings. The van der Waals surface area contributed by atoms with E-state index >= 15 is 0 Å². The lowest BCUT2D eigenvalue weighted by Crippen LogP contribution is -2.08. The number of halogens is 2. The summed E-state index contributed by atoms with van der Waals surface area (Å²) >= 11 is 0. The molecule has 0 radical (unpaired) electrons. The molecule has 1 rings (SSSR count). The summed E-state index contributed by atoms with van der Waals surface area (Å²) < 4.78 is 28.4. The van der Waals surface area contributed by atoms with E-state index in [4.69, 9.17) is 10.6 Å². The summed E-state index contributed by atoms with van der Waals surface area (Å²) in [7, 11) is 0. The average Bonchev–Trinajstić information content (AvgIpc) is 2.35. The molecular formula is C13H17F2N3O. The number of hydrogen-bond donors (Lipinski definition) is 2. The number of allylic oxidation sites excluding steroid dienone is 3. The molecule has 1 aromatic heterocycles. The Labute approximate surface area is 111 Å². The van der Waals surface area contributed by atoms with Crippen LogP contribution in [0.1, 0.15) is 12.5 Å². The van der Waals surface area contributed by atoms with E-state index in [1.807, 2.05) is 6.92 Å². The first-order valence-corrected chi connectivity index (χ1v) is 5.29. The second-order valence-corrected chi connectivity index (χ2v) is 3.48. The molecule has 0 aliphatic heterocycles. The Kier molecular flexibility index (Phi) is 7.79. The molecule has 0 saturated heterocycles. The third kappa shape index (κ3) is 7.67. The predicted octanol–water partition coefficient (Wildman–Crippen LogP) is 3.54. The van der Waals surface area contributed by atoms with Crippen molar-refractivity contribution in [2.45, 2.75) is 13.8 Å². The molecule has 0 aliphatic carbocycles. The Morgan fingerprint density at radius 3 is 2.53 bits per heavy atom. The number of ether oxygens (including phenoxy) is 1. The van der Waals surface area contributed by atoms with E-state index < -0.39 is 5.83 Å². The van der Waals surface area contributed by atoms with Crippen molar-refractivity contribution in [3.63, 3.8) is 0 Å². The van der Waals surface area contributed by atoms with E-state index in [2.05, 4.69) is 23.6 Å². The zero-order valence-corrected chi connectivity index (χ0v) is 10.9. The lowest BCUT2D eigenvalue weighted by Gasteiger charge is -2.05. The predicted molar refractivity (Wildman–Crippen MR) is 72.7 cm³/mol. The molecule has 0 aromatic carbocycles. The number of hydrazine groups is 1. The van der Waals surface area contributed by atoms with Gasteiger partial charge in [-0.1, -0.05) is 13.2 Å². The van der Waals surface area contributed by atoms with Crippen LogP contribution in [0.2, 0.25) is 0 Å². The van der Waals surface area contributed by atoms with Gasteiger partial charge in [0, 0.05) is 6.07 Å². The van der Waals surface area contributed by atoms with Crippen LogP contribution in [0.4, 0.5) is 14.5 Å². The zero-order valence-electron chi connectivity index (χ0n) is 10.9. The summed E-state index contributed by atoms with van der Waals surface area (Å²) in [6.45, 7) is 9.27. The number of rotatable bonds is 4. The van der Waals surface area contributed by atoms with Crippen LogP contribution in [0.5, 0.6) is 5.88 Å². The summed E-state index contributed by atoms with van der Waals surface area (Å²) in [6.07, 6.45) is 3.48. The molecule has 1 aromatic rings. The molecular weight excluding hydrogens is 252 g/mol. The second-order valence-electron chi connectivity index (χ2n) is 3.48. The van der Waals surface area contributed by atoms with Crippen molar-refractivity contribution in [2.24, 2.45) is 5.84 Å². The maximum atomic E-state index is 12.6. The molecule has 0 amide bonds. The number of nitrogen functional groups attached to an aromatic ring is 1. The van der Waals surface area contributed by atoms with Crippen molar-refractivity contribution >= 4 is 5.69 Å². The molecule has 6 heteroatoms. The minimum absolute atomic E-state index is 0.295. The van der Waals surface area contributed by atoms with Crippen molar-refractivity contribution in [2.75, 3.05) is 5.43 Å². The molecule has 104 valence electrons. The number of pyridine rings is 1. The molecule has 4 nitrogen and oxygen atoms in total. The molecule has 3 N–H and O–H groups in total. The van der Waals surface area contributed by atoms with Crippen molar-refractivity contribution in [3.05, 3.63) is 55.0 Å². The van der Waals surface area contributed by atoms with Crippen LogP contribution >= 0.6 is 0 Å². The van der Waals surface area contributed by atoms with Gasteiger partial charge < -0.3 is 10.2 Å². The number of aryl methyl sites for hydroxylation is 1. The van der Waals surface area contributed by atoms with Gasteiger partial charge in [-0.2, -0.15) is 0 Å². The summed E-state index contributed by atoms with van der Waals surface area (Å²) in [5, 5.41) is 0. The first kappa shape index (κ1) is 16.8. The molecule has 0 unspecified atom stereocenters. The lowest BCUT2D eigenvalue weighted by molar-refractivity contribution is 0.439. The zero-order chi connectivity index (χ0) is 14.8. The van der Waals surface area contributed by atoms with Crippen LogP contribution in [0, 0.1) is 6.92 Å². The van der Waals surface area contributed by atoms with Gasteiger partial charge in [-0.3, -0.25) is 5.84 Å². The largest absolute Gasteiger partial charge is 0.444 e. The van der Waals surface area contributed by atoms with Crippen LogP contribution in [0.25, 0.3) is 0 Å². The highest BCUT2D eigenvalue weighted by molar-refractivity contribution is 5.49.